The van der Waals surface area contributed by atoms with Crippen molar-refractivity contribution in [2.75, 3.05) is 9.80 Å². The SMILES string of the molecule is c1ccc(N(c2ccc(-c3ccc4oc5ccc(-c6ccc(N(c7ccccc7)c7ccc8ccccc8c7)cc6)cc5c4c3)cc2)c2ccc3ccccc3c2)cc1. The van der Waals surface area contributed by atoms with Gasteiger partial charge in [-0.25, -0.2) is 0 Å². The Bertz CT molecular complexity index is 3040. The number of furan rings is 1. The topological polar surface area (TPSA) is 19.6 Å². The number of anilines is 6. The van der Waals surface area contributed by atoms with Crippen molar-refractivity contribution in [2.45, 2.75) is 0 Å². The van der Waals surface area contributed by atoms with Crippen LogP contribution in [0.5, 0.6) is 0 Å². The Morgan fingerprint density at radius 3 is 1.00 bits per heavy atom. The van der Waals surface area contributed by atoms with E-state index < -0.39 is 0 Å². The van der Waals surface area contributed by atoms with Crippen molar-refractivity contribution in [1.29, 1.82) is 0 Å². The van der Waals surface area contributed by atoms with Gasteiger partial charge in [0, 0.05) is 44.9 Å². The Kier molecular flexibility index (Phi) is 8.49. The summed E-state index contributed by atoms with van der Waals surface area (Å²) in [6.07, 6.45) is 0. The van der Waals surface area contributed by atoms with Crippen LogP contribution >= 0.6 is 0 Å². The zero-order chi connectivity index (χ0) is 39.1. The maximum absolute atomic E-state index is 6.38. The van der Waals surface area contributed by atoms with Gasteiger partial charge in [-0.2, -0.15) is 0 Å². The summed E-state index contributed by atoms with van der Waals surface area (Å²) in [5.74, 6) is 0. The van der Waals surface area contributed by atoms with Crippen LogP contribution in [0.15, 0.2) is 235 Å². The monoisotopic (exact) mass is 754 g/mol. The van der Waals surface area contributed by atoms with Crippen LogP contribution in [0.25, 0.3) is 65.7 Å². The van der Waals surface area contributed by atoms with E-state index >= 15 is 0 Å². The highest BCUT2D eigenvalue weighted by molar-refractivity contribution is 6.07. The molecule has 0 saturated heterocycles. The average molecular weight is 755 g/mol. The summed E-state index contributed by atoms with van der Waals surface area (Å²) < 4.78 is 6.38. The van der Waals surface area contributed by atoms with Crippen LogP contribution in [0.3, 0.4) is 0 Å². The van der Waals surface area contributed by atoms with E-state index in [2.05, 4.69) is 240 Å². The minimum atomic E-state index is 0.883. The van der Waals surface area contributed by atoms with Gasteiger partial charge < -0.3 is 14.2 Å². The molecular formula is C56H38N2O. The molecule has 0 aliphatic rings. The molecule has 1 aromatic heterocycles. The van der Waals surface area contributed by atoms with Crippen LogP contribution in [0.1, 0.15) is 0 Å². The van der Waals surface area contributed by atoms with Gasteiger partial charge in [0.15, 0.2) is 0 Å². The molecule has 11 aromatic rings. The molecular weight excluding hydrogens is 717 g/mol. The quantitative estimate of drug-likeness (QED) is 0.154. The number of para-hydroxylation sites is 2. The maximum atomic E-state index is 6.38. The Labute approximate surface area is 343 Å². The van der Waals surface area contributed by atoms with Gasteiger partial charge in [0.05, 0.1) is 0 Å². The number of hydrogen-bond donors (Lipinski definition) is 0. The molecule has 0 radical (unpaired) electrons. The summed E-state index contributed by atoms with van der Waals surface area (Å²) in [6, 6.07) is 82.3. The lowest BCUT2D eigenvalue weighted by Gasteiger charge is -2.26. The largest absolute Gasteiger partial charge is 0.456 e. The third-order valence-electron chi connectivity index (χ3n) is 11.4. The van der Waals surface area contributed by atoms with Crippen LogP contribution in [0.2, 0.25) is 0 Å². The summed E-state index contributed by atoms with van der Waals surface area (Å²) >= 11 is 0. The standard InChI is InChI=1S/C56H38N2O/c1-3-15-47(16-4-1)57(51-31-23-39-11-7-9-13-43(39)35-51)49-27-19-41(20-28-49)45-25-33-55-53(37-45)54-38-46(26-34-56(54)59-55)42-21-29-50(30-22-42)58(48-17-5-2-6-18-48)52-32-24-40-12-8-10-14-44(40)36-52/h1-38H. The minimum Gasteiger partial charge on any atom is -0.456 e. The van der Waals surface area contributed by atoms with E-state index in [1.165, 1.54) is 21.5 Å². The van der Waals surface area contributed by atoms with Gasteiger partial charge in [-0.3, -0.25) is 0 Å². The van der Waals surface area contributed by atoms with Gasteiger partial charge in [-0.05, 0) is 141 Å². The van der Waals surface area contributed by atoms with Crippen LogP contribution in [-0.4, -0.2) is 0 Å². The van der Waals surface area contributed by atoms with Crippen molar-refractivity contribution in [3.05, 3.63) is 231 Å². The highest BCUT2D eigenvalue weighted by atomic mass is 16.3. The van der Waals surface area contributed by atoms with Crippen molar-refractivity contribution >= 4 is 77.6 Å². The molecule has 11 rings (SSSR count). The molecule has 0 spiro atoms. The Balaban J connectivity index is 0.916. The maximum Gasteiger partial charge on any atom is 0.135 e. The second-order valence-corrected chi connectivity index (χ2v) is 15.0. The molecule has 0 saturated carbocycles. The molecule has 3 nitrogen and oxygen atoms in total. The van der Waals surface area contributed by atoms with E-state index in [-0.39, 0.29) is 0 Å². The first kappa shape index (κ1) is 34.4. The van der Waals surface area contributed by atoms with Crippen molar-refractivity contribution in [2.24, 2.45) is 0 Å². The molecule has 59 heavy (non-hydrogen) atoms. The van der Waals surface area contributed by atoms with Crippen molar-refractivity contribution < 1.29 is 4.42 Å². The fraction of sp³-hybridized carbons (Fsp3) is 0. The van der Waals surface area contributed by atoms with Crippen molar-refractivity contribution in [3.8, 4) is 22.3 Å². The molecule has 0 atom stereocenters. The van der Waals surface area contributed by atoms with E-state index in [9.17, 15) is 0 Å². The number of nitrogens with zero attached hydrogens (tertiary/aromatic N) is 2. The lowest BCUT2D eigenvalue weighted by atomic mass is 9.99. The number of benzene rings is 10. The van der Waals surface area contributed by atoms with Crippen molar-refractivity contribution in [3.63, 3.8) is 0 Å². The predicted octanol–water partition coefficient (Wildman–Crippen LogP) is 16.2. The summed E-state index contributed by atoms with van der Waals surface area (Å²) in [6.45, 7) is 0. The van der Waals surface area contributed by atoms with Gasteiger partial charge in [-0.15, -0.1) is 0 Å². The van der Waals surface area contributed by atoms with Gasteiger partial charge in [0.25, 0.3) is 0 Å². The summed E-state index contributed by atoms with van der Waals surface area (Å²) in [5, 5.41) is 7.11. The summed E-state index contributed by atoms with van der Waals surface area (Å²) in [7, 11) is 0. The molecule has 0 fully saturated rings. The van der Waals surface area contributed by atoms with Crippen molar-refractivity contribution in [1.82, 2.24) is 0 Å². The molecule has 0 unspecified atom stereocenters. The van der Waals surface area contributed by atoms with Crippen LogP contribution in [0.4, 0.5) is 34.1 Å². The summed E-state index contributed by atoms with van der Waals surface area (Å²) in [4.78, 5) is 4.64. The zero-order valence-electron chi connectivity index (χ0n) is 32.2. The molecule has 0 aliphatic carbocycles. The molecule has 0 amide bonds. The first-order chi connectivity index (χ1) is 29.2. The van der Waals surface area contributed by atoms with Gasteiger partial charge in [0.2, 0.25) is 0 Å². The fourth-order valence-corrected chi connectivity index (χ4v) is 8.42. The predicted molar refractivity (Wildman–Crippen MR) is 249 cm³/mol. The molecule has 0 aliphatic heterocycles. The first-order valence-corrected chi connectivity index (χ1v) is 20.1. The molecule has 0 N–H and O–H groups in total. The second kappa shape index (κ2) is 14.6. The highest BCUT2D eigenvalue weighted by Gasteiger charge is 2.16. The number of fused-ring (bicyclic) bond motifs is 5. The van der Waals surface area contributed by atoms with E-state index in [1.807, 2.05) is 0 Å². The normalized spacial score (nSPS) is 11.4. The van der Waals surface area contributed by atoms with Gasteiger partial charge in [-0.1, -0.05) is 133 Å². The lowest BCUT2D eigenvalue weighted by Crippen LogP contribution is -2.09. The fourth-order valence-electron chi connectivity index (χ4n) is 8.42. The smallest absolute Gasteiger partial charge is 0.135 e. The molecule has 1 heterocycles. The minimum absolute atomic E-state index is 0.883. The van der Waals surface area contributed by atoms with Crippen LogP contribution in [0, 0.1) is 0 Å². The molecule has 10 aromatic carbocycles. The molecule has 3 heteroatoms. The number of rotatable bonds is 8. The Hall–Kier alpha value is -7.88. The third-order valence-corrected chi connectivity index (χ3v) is 11.4. The molecule has 278 valence electrons. The van der Waals surface area contributed by atoms with Gasteiger partial charge >= 0.3 is 0 Å². The second-order valence-electron chi connectivity index (χ2n) is 15.0. The third kappa shape index (κ3) is 6.45. The van der Waals surface area contributed by atoms with E-state index in [0.29, 0.717) is 0 Å². The zero-order valence-corrected chi connectivity index (χ0v) is 32.2. The number of hydrogen-bond acceptors (Lipinski definition) is 3. The van der Waals surface area contributed by atoms with E-state index in [4.69, 9.17) is 4.42 Å². The van der Waals surface area contributed by atoms with Crippen LogP contribution in [-0.2, 0) is 0 Å². The Morgan fingerprint density at radius 2 is 0.576 bits per heavy atom. The summed E-state index contributed by atoms with van der Waals surface area (Å²) in [5.41, 5.74) is 13.0. The lowest BCUT2D eigenvalue weighted by molar-refractivity contribution is 0.669. The average Bonchev–Trinajstić information content (AvgIpc) is 3.68. The molecule has 0 bridgehead atoms. The van der Waals surface area contributed by atoms with E-state index in [1.54, 1.807) is 0 Å². The highest BCUT2D eigenvalue weighted by Crippen LogP contribution is 2.40. The van der Waals surface area contributed by atoms with E-state index in [0.717, 1.165) is 78.3 Å². The Morgan fingerprint density at radius 1 is 0.237 bits per heavy atom. The van der Waals surface area contributed by atoms with Crippen LogP contribution < -0.4 is 9.80 Å². The first-order valence-electron chi connectivity index (χ1n) is 20.1. The van der Waals surface area contributed by atoms with Gasteiger partial charge in [0.1, 0.15) is 11.2 Å².